The van der Waals surface area contributed by atoms with Crippen LogP contribution in [0.2, 0.25) is 0 Å². The smallest absolute Gasteiger partial charge is 0.102 e. The van der Waals surface area contributed by atoms with Crippen molar-refractivity contribution in [3.63, 3.8) is 0 Å². The highest BCUT2D eigenvalue weighted by atomic mass is 16.6. The molecule has 0 saturated carbocycles. The molecule has 0 aromatic heterocycles. The minimum atomic E-state index is 0.432. The first-order valence-corrected chi connectivity index (χ1v) is 3.79. The number of rotatable bonds is 3. The fraction of sp³-hybridized carbons (Fsp3) is 0.556. The van der Waals surface area contributed by atoms with Crippen LogP contribution < -0.4 is 0 Å². The Labute approximate surface area is 62.4 Å². The maximum Gasteiger partial charge on any atom is 0.102 e. The number of hydrogen-bond donors (Lipinski definition) is 0. The fourth-order valence-electron chi connectivity index (χ4n) is 0.774. The first kappa shape index (κ1) is 7.55. The molecule has 0 unspecified atom stereocenters. The summed E-state index contributed by atoms with van der Waals surface area (Å²) in [5, 5.41) is 0. The van der Waals surface area contributed by atoms with E-state index >= 15 is 0 Å². The molecule has 1 saturated heterocycles. The maximum atomic E-state index is 5.10. The lowest BCUT2D eigenvalue weighted by Gasteiger charge is -1.88. The monoisotopic (exact) mass is 138 g/mol. The molecule has 1 aliphatic heterocycles. The van der Waals surface area contributed by atoms with E-state index in [2.05, 4.69) is 32.1 Å². The SMILES string of the molecule is CC/C=C\C=C(/C)[C@@H]1CO1. The van der Waals surface area contributed by atoms with Crippen LogP contribution in [0.5, 0.6) is 0 Å². The van der Waals surface area contributed by atoms with Crippen molar-refractivity contribution < 1.29 is 4.74 Å². The highest BCUT2D eigenvalue weighted by Gasteiger charge is 2.23. The third-order valence-corrected chi connectivity index (χ3v) is 1.57. The molecule has 1 heteroatoms. The van der Waals surface area contributed by atoms with E-state index in [-0.39, 0.29) is 0 Å². The van der Waals surface area contributed by atoms with Crippen LogP contribution in [0.25, 0.3) is 0 Å². The zero-order chi connectivity index (χ0) is 7.40. The molecule has 1 aliphatic rings. The van der Waals surface area contributed by atoms with Gasteiger partial charge >= 0.3 is 0 Å². The van der Waals surface area contributed by atoms with Crippen LogP contribution in [0.3, 0.4) is 0 Å². The summed E-state index contributed by atoms with van der Waals surface area (Å²) in [6.45, 7) is 5.16. The quantitative estimate of drug-likeness (QED) is 0.430. The Morgan fingerprint density at radius 2 is 2.40 bits per heavy atom. The Morgan fingerprint density at radius 3 is 2.90 bits per heavy atom. The van der Waals surface area contributed by atoms with Crippen LogP contribution in [0, 0.1) is 0 Å². The Morgan fingerprint density at radius 1 is 1.70 bits per heavy atom. The number of allylic oxidation sites excluding steroid dienone is 3. The van der Waals surface area contributed by atoms with Gasteiger partial charge in [-0.2, -0.15) is 0 Å². The van der Waals surface area contributed by atoms with E-state index in [1.54, 1.807) is 0 Å². The summed E-state index contributed by atoms with van der Waals surface area (Å²) in [7, 11) is 0. The molecule has 0 spiro atoms. The van der Waals surface area contributed by atoms with E-state index in [1.807, 2.05) is 0 Å². The van der Waals surface area contributed by atoms with Gasteiger partial charge < -0.3 is 4.74 Å². The summed E-state index contributed by atoms with van der Waals surface area (Å²) < 4.78 is 5.10. The lowest BCUT2D eigenvalue weighted by atomic mass is 10.2. The van der Waals surface area contributed by atoms with Crippen molar-refractivity contribution >= 4 is 0 Å². The lowest BCUT2D eigenvalue weighted by Crippen LogP contribution is -1.84. The molecule has 0 aliphatic carbocycles. The standard InChI is InChI=1S/C9H14O/c1-3-4-5-6-8(2)9-7-10-9/h4-6,9H,3,7H2,1-2H3/b5-4-,8-6+/t9-/m0/s1. The zero-order valence-electron chi connectivity index (χ0n) is 6.63. The van der Waals surface area contributed by atoms with Gasteiger partial charge in [0, 0.05) is 0 Å². The van der Waals surface area contributed by atoms with Gasteiger partial charge in [-0.05, 0) is 18.9 Å². The molecule has 0 bridgehead atoms. The Hall–Kier alpha value is -0.560. The summed E-state index contributed by atoms with van der Waals surface area (Å²) in [6, 6.07) is 0. The van der Waals surface area contributed by atoms with Crippen LogP contribution in [0.4, 0.5) is 0 Å². The summed E-state index contributed by atoms with van der Waals surface area (Å²) in [5.74, 6) is 0. The van der Waals surface area contributed by atoms with E-state index in [9.17, 15) is 0 Å². The molecule has 1 nitrogen and oxygen atoms in total. The highest BCUT2D eigenvalue weighted by molar-refractivity contribution is 5.17. The van der Waals surface area contributed by atoms with Crippen molar-refractivity contribution in [3.8, 4) is 0 Å². The van der Waals surface area contributed by atoms with Crippen molar-refractivity contribution in [2.75, 3.05) is 6.61 Å². The Balaban J connectivity index is 2.29. The predicted molar refractivity (Wildman–Crippen MR) is 42.9 cm³/mol. The Kier molecular flexibility index (Phi) is 2.69. The predicted octanol–water partition coefficient (Wildman–Crippen LogP) is 2.30. The molecule has 0 amide bonds. The second kappa shape index (κ2) is 3.57. The van der Waals surface area contributed by atoms with Gasteiger partial charge in [0.05, 0.1) is 6.61 Å². The van der Waals surface area contributed by atoms with Gasteiger partial charge in [0.2, 0.25) is 0 Å². The largest absolute Gasteiger partial charge is 0.368 e. The molecular formula is C9H14O. The molecule has 1 heterocycles. The molecular weight excluding hydrogens is 124 g/mol. The van der Waals surface area contributed by atoms with Gasteiger partial charge in [-0.25, -0.2) is 0 Å². The third kappa shape index (κ3) is 2.36. The molecule has 0 radical (unpaired) electrons. The molecule has 10 heavy (non-hydrogen) atoms. The van der Waals surface area contributed by atoms with Gasteiger partial charge in [0.1, 0.15) is 6.10 Å². The van der Waals surface area contributed by atoms with Crippen LogP contribution in [-0.2, 0) is 4.74 Å². The Bertz CT molecular complexity index is 152. The van der Waals surface area contributed by atoms with Crippen LogP contribution in [-0.4, -0.2) is 12.7 Å². The average molecular weight is 138 g/mol. The second-order valence-corrected chi connectivity index (χ2v) is 2.57. The topological polar surface area (TPSA) is 12.5 Å². The van der Waals surface area contributed by atoms with Gasteiger partial charge in [-0.3, -0.25) is 0 Å². The van der Waals surface area contributed by atoms with Crippen LogP contribution >= 0.6 is 0 Å². The van der Waals surface area contributed by atoms with E-state index < -0.39 is 0 Å². The second-order valence-electron chi connectivity index (χ2n) is 2.57. The minimum Gasteiger partial charge on any atom is -0.368 e. The molecule has 56 valence electrons. The normalized spacial score (nSPS) is 25.8. The number of ether oxygens (including phenoxy) is 1. The first-order chi connectivity index (χ1) is 4.84. The number of epoxide rings is 1. The van der Waals surface area contributed by atoms with Crippen molar-refractivity contribution in [1.29, 1.82) is 0 Å². The van der Waals surface area contributed by atoms with Crippen molar-refractivity contribution in [3.05, 3.63) is 23.8 Å². The van der Waals surface area contributed by atoms with Gasteiger partial charge in [-0.1, -0.05) is 25.2 Å². The van der Waals surface area contributed by atoms with E-state index in [1.165, 1.54) is 5.57 Å². The molecule has 1 atom stereocenters. The van der Waals surface area contributed by atoms with E-state index in [0.717, 1.165) is 13.0 Å². The third-order valence-electron chi connectivity index (χ3n) is 1.57. The van der Waals surface area contributed by atoms with Crippen molar-refractivity contribution in [2.24, 2.45) is 0 Å². The minimum absolute atomic E-state index is 0.432. The molecule has 0 aromatic rings. The highest BCUT2D eigenvalue weighted by Crippen LogP contribution is 2.18. The van der Waals surface area contributed by atoms with Crippen LogP contribution in [0.1, 0.15) is 20.3 Å². The van der Waals surface area contributed by atoms with Crippen LogP contribution in [0.15, 0.2) is 23.8 Å². The summed E-state index contributed by atoms with van der Waals surface area (Å²) in [4.78, 5) is 0. The van der Waals surface area contributed by atoms with Gasteiger partial charge in [0.25, 0.3) is 0 Å². The van der Waals surface area contributed by atoms with E-state index in [4.69, 9.17) is 4.74 Å². The fourth-order valence-corrected chi connectivity index (χ4v) is 0.774. The molecule has 0 N–H and O–H groups in total. The van der Waals surface area contributed by atoms with Gasteiger partial charge in [0.15, 0.2) is 0 Å². The summed E-state index contributed by atoms with van der Waals surface area (Å²) in [5.41, 5.74) is 1.34. The molecule has 0 aromatic carbocycles. The zero-order valence-corrected chi connectivity index (χ0v) is 6.63. The number of hydrogen-bond acceptors (Lipinski definition) is 1. The maximum absolute atomic E-state index is 5.10. The summed E-state index contributed by atoms with van der Waals surface area (Å²) >= 11 is 0. The van der Waals surface area contributed by atoms with E-state index in [0.29, 0.717) is 6.10 Å². The molecule has 1 rings (SSSR count). The van der Waals surface area contributed by atoms with Crippen molar-refractivity contribution in [2.45, 2.75) is 26.4 Å². The average Bonchev–Trinajstić information content (AvgIpc) is 2.69. The van der Waals surface area contributed by atoms with Crippen molar-refractivity contribution in [1.82, 2.24) is 0 Å². The van der Waals surface area contributed by atoms with Gasteiger partial charge in [-0.15, -0.1) is 0 Å². The summed E-state index contributed by atoms with van der Waals surface area (Å²) in [6.07, 6.45) is 7.90. The molecule has 1 fully saturated rings. The lowest BCUT2D eigenvalue weighted by molar-refractivity contribution is 0.432. The first-order valence-electron chi connectivity index (χ1n) is 3.79.